The Morgan fingerprint density at radius 3 is 0.403 bits per heavy atom. The fourth-order valence-electron chi connectivity index (χ4n) is 8.17. The van der Waals surface area contributed by atoms with Gasteiger partial charge in [0.05, 0.1) is 5.75 Å². The molecule has 0 unspecified atom stereocenters. The normalized spacial score (nSPS) is 13.5. The Balaban J connectivity index is -0.0000000519. The van der Waals surface area contributed by atoms with Crippen molar-refractivity contribution in [2.45, 2.75) is 491 Å². The Kier molecular flexibility index (Phi) is 192. The van der Waals surface area contributed by atoms with Crippen molar-refractivity contribution in [2.75, 3.05) is 5.75 Å². The Labute approximate surface area is 749 Å². The standard InChI is InChI=1S/7C7H14.C4H11BO2.3C4H10.C3H9BO.6C3H8.C2H6O3S.2C2H6.2CO2.2HO3P.O3S/c7*1-6(2)7-4-3-5-7;1-4(2)3-5(6)7;3*1-4(2)3;1-3-4(2)5;6*1-3-2;1-2-6(3,4)5;2*1-2;2*2-1-3;3*1-4(2)3/h7*6-7H,3-5H2,1-2H3;4,6-7H,3H2,1-2H3;3*4H,1-3H3;5H,3H2,1-2H3;6*3H2,1-2H3;2H2,1H3,(H,3,4,5);2*1-2H3;;;2*(H,1,2,3);. The van der Waals surface area contributed by atoms with Gasteiger partial charge in [-0.2, -0.15) is 27.6 Å². The molecule has 734 valence electrons. The highest BCUT2D eigenvalue weighted by molar-refractivity contribution is 7.85. The molecule has 0 aromatic heterocycles. The van der Waals surface area contributed by atoms with Crippen molar-refractivity contribution < 1.29 is 87.9 Å². The van der Waals surface area contributed by atoms with E-state index in [-0.39, 0.29) is 25.0 Å². The van der Waals surface area contributed by atoms with E-state index < -0.39 is 43.7 Å². The zero-order valence-corrected chi connectivity index (χ0v) is 90.9. The molecule has 7 fully saturated rings. The van der Waals surface area contributed by atoms with E-state index >= 15 is 0 Å². The van der Waals surface area contributed by atoms with Crippen molar-refractivity contribution in [1.29, 1.82) is 0 Å². The van der Waals surface area contributed by atoms with E-state index in [2.05, 4.69) is 242 Å². The van der Waals surface area contributed by atoms with E-state index in [0.717, 1.165) is 107 Å². The molecule has 0 aromatic rings. The SMILES string of the molecule is CC.CC.CC(C)C.CC(C)C.CC(C)C.CC(C)C1CCC1.CC(C)C1CCC1.CC(C)C1CCC1.CC(C)C1CCC1.CC(C)C1CCC1.CC(C)C1CCC1.CC(C)C1CCC1.CC(C)CB(O)O.CCB(C)O.CCC.CCC.CCC.CCC.CCC.CCC.CCS(=O)(=O)O.O=C=O.O=C=O.O=P(=O)O.O=P(=O)O.O=S(=O)=O. The van der Waals surface area contributed by atoms with Crippen LogP contribution in [0.2, 0.25) is 19.5 Å². The van der Waals surface area contributed by atoms with E-state index in [0.29, 0.717) is 12.2 Å². The largest absolute Gasteiger partial charge is 0.465 e. The van der Waals surface area contributed by atoms with Crippen molar-refractivity contribution in [1.82, 2.24) is 0 Å². The van der Waals surface area contributed by atoms with Crippen LogP contribution in [0.15, 0.2) is 0 Å². The minimum atomic E-state index is -3.66. The van der Waals surface area contributed by atoms with Crippen LogP contribution in [0.5, 0.6) is 0 Å². The van der Waals surface area contributed by atoms with Crippen LogP contribution in [0.1, 0.15) is 471 Å². The molecule has 6 N–H and O–H groups in total. The van der Waals surface area contributed by atoms with Gasteiger partial charge in [0.25, 0.3) is 17.0 Å². The maximum atomic E-state index is 9.56. The first-order valence-electron chi connectivity index (χ1n) is 47.2. The molecule has 7 rings (SSSR count). The van der Waals surface area contributed by atoms with Gasteiger partial charge in [0.1, 0.15) is 0 Å². The molecule has 119 heavy (non-hydrogen) atoms. The van der Waals surface area contributed by atoms with E-state index in [1.807, 2.05) is 48.5 Å². The minimum absolute atomic E-state index is 0.116. The van der Waals surface area contributed by atoms with Gasteiger partial charge in [0, 0.05) is 0 Å². The Morgan fingerprint density at radius 2 is 0.403 bits per heavy atom. The van der Waals surface area contributed by atoms with Gasteiger partial charge >= 0.3 is 45.8 Å². The van der Waals surface area contributed by atoms with E-state index in [1.165, 1.54) is 180 Å². The van der Waals surface area contributed by atoms with Crippen LogP contribution in [0.3, 0.4) is 0 Å². The van der Waals surface area contributed by atoms with E-state index in [4.69, 9.17) is 79.5 Å². The summed E-state index contributed by atoms with van der Waals surface area (Å²) in [6.07, 6.45) is 40.7. The molecule has 0 saturated heterocycles. The summed E-state index contributed by atoms with van der Waals surface area (Å²) in [6.45, 7) is 94.4. The highest BCUT2D eigenvalue weighted by Gasteiger charge is 2.24. The van der Waals surface area contributed by atoms with E-state index in [1.54, 1.807) is 6.82 Å². The van der Waals surface area contributed by atoms with Gasteiger partial charge in [-0.15, -0.1) is 12.6 Å². The number of rotatable bonds is 11. The number of hydrogen-bond acceptors (Lipinski definition) is 16. The summed E-state index contributed by atoms with van der Waals surface area (Å²) >= 11 is 0. The highest BCUT2D eigenvalue weighted by atomic mass is 32.2. The summed E-state index contributed by atoms with van der Waals surface area (Å²) < 4.78 is 86.6. The van der Waals surface area contributed by atoms with E-state index in [9.17, 15) is 8.42 Å². The quantitative estimate of drug-likeness (QED) is 0.0636. The molecule has 25 heteroatoms. The summed E-state index contributed by atoms with van der Waals surface area (Å²) in [7, 11) is -14.1. The van der Waals surface area contributed by atoms with Gasteiger partial charge in [-0.1, -0.05) is 477 Å². The van der Waals surface area contributed by atoms with Crippen LogP contribution in [-0.2, 0) is 58.2 Å². The topological polar surface area (TPSA) is 343 Å². The molecule has 7 saturated carbocycles. The minimum Gasteiger partial charge on any atom is -0.451 e. The Bertz CT molecular complexity index is 1880. The molecular weight excluding hydrogens is 1580 g/mol. The average molecular weight is 1800 g/mol. The third kappa shape index (κ3) is 254. The van der Waals surface area contributed by atoms with Gasteiger partial charge in [0.2, 0.25) is 0 Å². The summed E-state index contributed by atoms with van der Waals surface area (Å²) in [5.41, 5.74) is 0. The average Bonchev–Trinajstić information content (AvgIpc) is 0.961. The van der Waals surface area contributed by atoms with Crippen molar-refractivity contribution in [2.24, 2.45) is 107 Å². The lowest BCUT2D eigenvalue weighted by Gasteiger charge is -2.28. The molecule has 0 aliphatic heterocycles. The predicted octanol–water partition coefficient (Wildman–Crippen LogP) is 31.2. The molecule has 7 aliphatic rings. The smallest absolute Gasteiger partial charge is 0.451 e. The molecule has 7 aliphatic carbocycles. The fourth-order valence-corrected chi connectivity index (χ4v) is 8.17. The third-order valence-corrected chi connectivity index (χ3v) is 17.0. The summed E-state index contributed by atoms with van der Waals surface area (Å²) in [4.78, 5) is 46.5. The third-order valence-electron chi connectivity index (χ3n) is 16.3. The molecule has 0 heterocycles. The van der Waals surface area contributed by atoms with Crippen molar-refractivity contribution in [3.63, 3.8) is 0 Å². The van der Waals surface area contributed by atoms with Crippen LogP contribution in [0, 0.1) is 107 Å². The first kappa shape index (κ1) is 164. The second kappa shape index (κ2) is 139. The maximum Gasteiger partial charge on any atom is 0.465 e. The first-order chi connectivity index (χ1) is 54.8. The van der Waals surface area contributed by atoms with Crippen molar-refractivity contribution >= 4 is 62.9 Å². The van der Waals surface area contributed by atoms with Crippen LogP contribution in [-0.4, -0.2) is 82.5 Å². The van der Waals surface area contributed by atoms with Gasteiger partial charge in [-0.3, -0.25) is 14.3 Å². The Morgan fingerprint density at radius 1 is 0.328 bits per heavy atom. The van der Waals surface area contributed by atoms with Crippen LogP contribution >= 0.6 is 15.8 Å². The molecule has 0 amide bonds. The lowest BCUT2D eigenvalue weighted by atomic mass is 9.69. The van der Waals surface area contributed by atoms with Crippen LogP contribution in [0.4, 0.5) is 0 Å². The number of hydrogen-bond donors (Lipinski definition) is 6. The predicted molar refractivity (Wildman–Crippen MR) is 522 cm³/mol. The first-order valence-corrected chi connectivity index (χ1v) is 52.1. The second-order valence-electron chi connectivity index (χ2n) is 35.1. The van der Waals surface area contributed by atoms with Crippen molar-refractivity contribution in [3.8, 4) is 0 Å². The highest BCUT2D eigenvalue weighted by Crippen LogP contribution is 2.36. The summed E-state index contributed by atoms with van der Waals surface area (Å²) in [5.74, 6) is 16.9. The zero-order valence-electron chi connectivity index (χ0n) is 87.5. The molecule has 0 atom stereocenters. The summed E-state index contributed by atoms with van der Waals surface area (Å²) in [6, 6.07) is 0. The second-order valence-corrected chi connectivity index (χ2v) is 38.2. The van der Waals surface area contributed by atoms with Gasteiger partial charge < -0.3 is 15.1 Å². The summed E-state index contributed by atoms with van der Waals surface area (Å²) in [5, 5.41) is 24.9. The lowest BCUT2D eigenvalue weighted by Crippen LogP contribution is -2.16. The van der Waals surface area contributed by atoms with Gasteiger partial charge in [0.15, 0.2) is 0 Å². The zero-order chi connectivity index (χ0) is 99.4. The fraction of sp³-hybridized carbons (Fsp3) is 0.979. The molecule has 19 nitrogen and oxygen atoms in total. The molecular formula is C94H216B2O19P2S2. The maximum absolute atomic E-state index is 9.56. The molecule has 0 radical (unpaired) electrons. The van der Waals surface area contributed by atoms with Crippen LogP contribution < -0.4 is 0 Å². The molecule has 0 aromatic carbocycles. The Hall–Kier alpha value is -1.98. The monoisotopic (exact) mass is 1800 g/mol. The van der Waals surface area contributed by atoms with Crippen molar-refractivity contribution in [3.05, 3.63) is 0 Å². The van der Waals surface area contributed by atoms with Gasteiger partial charge in [-0.05, 0) is 120 Å². The molecule has 0 spiro atoms. The van der Waals surface area contributed by atoms with Crippen LogP contribution in [0.25, 0.3) is 0 Å². The number of carbonyl (C=O) groups excluding carboxylic acids is 4. The molecule has 0 bridgehead atoms. The lowest BCUT2D eigenvalue weighted by molar-refractivity contribution is -0.193. The van der Waals surface area contributed by atoms with Gasteiger partial charge in [-0.25, -0.2) is 18.3 Å².